The van der Waals surface area contributed by atoms with Gasteiger partial charge in [-0.2, -0.15) is 0 Å². The molecule has 2 aromatic carbocycles. The molecule has 1 aliphatic heterocycles. The number of aromatic nitrogens is 5. The third-order valence-electron chi connectivity index (χ3n) is 8.63. The zero-order valence-electron chi connectivity index (χ0n) is 25.2. The molecule has 1 saturated heterocycles. The van der Waals surface area contributed by atoms with E-state index in [-0.39, 0.29) is 17.6 Å². The summed E-state index contributed by atoms with van der Waals surface area (Å²) < 4.78 is 64.7. The van der Waals surface area contributed by atoms with Crippen molar-refractivity contribution in [1.29, 1.82) is 0 Å². The van der Waals surface area contributed by atoms with Crippen LogP contribution in [-0.2, 0) is 11.3 Å². The van der Waals surface area contributed by atoms with Gasteiger partial charge in [0.2, 0.25) is 0 Å². The minimum absolute atomic E-state index is 0.0278. The van der Waals surface area contributed by atoms with Crippen LogP contribution in [0.4, 0.5) is 23.2 Å². The Morgan fingerprint density at radius 1 is 0.957 bits per heavy atom. The summed E-state index contributed by atoms with van der Waals surface area (Å²) in [6, 6.07) is 9.10. The van der Waals surface area contributed by atoms with Crippen molar-refractivity contribution in [3.63, 3.8) is 0 Å². The van der Waals surface area contributed by atoms with Crippen LogP contribution in [0.3, 0.4) is 0 Å². The van der Waals surface area contributed by atoms with Crippen LogP contribution in [0.1, 0.15) is 37.1 Å². The molecule has 1 fully saturated rings. The number of rotatable bonds is 7. The molecule has 3 N–H and O–H groups in total. The normalized spacial score (nSPS) is 14.9. The van der Waals surface area contributed by atoms with E-state index in [1.165, 1.54) is 12.1 Å². The van der Waals surface area contributed by atoms with Crippen molar-refractivity contribution >= 4 is 27.8 Å². The molecule has 0 aliphatic carbocycles. The maximum Gasteiger partial charge on any atom is 0.161 e. The van der Waals surface area contributed by atoms with Crippen LogP contribution in [0.5, 0.6) is 0 Å². The van der Waals surface area contributed by atoms with E-state index in [4.69, 9.17) is 15.5 Å². The summed E-state index contributed by atoms with van der Waals surface area (Å²) in [4.78, 5) is 19.5. The molecule has 236 valence electrons. The molecule has 12 heteroatoms. The second-order valence-electron chi connectivity index (χ2n) is 11.7. The Morgan fingerprint density at radius 2 is 1.70 bits per heavy atom. The summed E-state index contributed by atoms with van der Waals surface area (Å²) in [5.74, 6) is -3.06. The van der Waals surface area contributed by atoms with Gasteiger partial charge < -0.3 is 24.9 Å². The third-order valence-corrected chi connectivity index (χ3v) is 8.63. The number of anilines is 1. The van der Waals surface area contributed by atoms with E-state index in [0.717, 1.165) is 29.5 Å². The molecule has 4 aromatic heterocycles. The van der Waals surface area contributed by atoms with E-state index in [2.05, 4.69) is 19.9 Å². The number of ether oxygens (including phenoxy) is 1. The number of aromatic amines is 1. The number of hydrogen-bond donors (Lipinski definition) is 2. The van der Waals surface area contributed by atoms with E-state index in [9.17, 15) is 17.6 Å². The van der Waals surface area contributed by atoms with Crippen molar-refractivity contribution in [1.82, 2.24) is 24.5 Å². The number of benzene rings is 2. The summed E-state index contributed by atoms with van der Waals surface area (Å²) >= 11 is 0. The van der Waals surface area contributed by atoms with Gasteiger partial charge in [0.15, 0.2) is 11.6 Å². The molecule has 0 spiro atoms. The molecule has 6 aromatic rings. The van der Waals surface area contributed by atoms with Gasteiger partial charge in [0.05, 0.1) is 40.4 Å². The largest absolute Gasteiger partial charge is 0.380 e. The first kappa shape index (κ1) is 29.9. The highest BCUT2D eigenvalue weighted by atomic mass is 19.2. The highest BCUT2D eigenvalue weighted by molar-refractivity contribution is 6.07. The van der Waals surface area contributed by atoms with Gasteiger partial charge in [-0.3, -0.25) is 4.98 Å². The molecule has 1 aliphatic rings. The van der Waals surface area contributed by atoms with Crippen molar-refractivity contribution < 1.29 is 22.3 Å². The van der Waals surface area contributed by atoms with E-state index >= 15 is 0 Å². The first-order valence-corrected chi connectivity index (χ1v) is 15.0. The van der Waals surface area contributed by atoms with E-state index in [1.807, 2.05) is 29.8 Å². The molecule has 0 saturated carbocycles. The number of imidazole rings is 1. The van der Waals surface area contributed by atoms with Gasteiger partial charge in [-0.25, -0.2) is 27.5 Å². The molecule has 8 nitrogen and oxygen atoms in total. The summed E-state index contributed by atoms with van der Waals surface area (Å²) in [5.41, 5.74) is 11.3. The van der Waals surface area contributed by atoms with Crippen LogP contribution in [0, 0.1) is 23.3 Å². The lowest BCUT2D eigenvalue weighted by atomic mass is 9.98. The van der Waals surface area contributed by atoms with Crippen molar-refractivity contribution in [2.24, 2.45) is 5.73 Å². The number of methoxy groups -OCH3 is 1. The number of hydrogen-bond acceptors (Lipinski definition) is 6. The molecule has 1 atom stereocenters. The van der Waals surface area contributed by atoms with Crippen LogP contribution >= 0.6 is 0 Å². The van der Waals surface area contributed by atoms with Gasteiger partial charge in [-0.15, -0.1) is 0 Å². The Balaban J connectivity index is 1.51. The van der Waals surface area contributed by atoms with E-state index in [0.29, 0.717) is 77.3 Å². The maximum absolute atomic E-state index is 14.6. The zero-order chi connectivity index (χ0) is 32.1. The smallest absolute Gasteiger partial charge is 0.161 e. The van der Waals surface area contributed by atoms with Crippen LogP contribution in [0.15, 0.2) is 61.1 Å². The number of nitrogens with two attached hydrogens (primary N) is 1. The van der Waals surface area contributed by atoms with Crippen molar-refractivity contribution in [3.05, 3.63) is 95.6 Å². The maximum atomic E-state index is 14.6. The molecular formula is C34H31F4N7O. The number of pyridine rings is 2. The fraction of sp³-hybridized carbons (Fsp3) is 0.265. The highest BCUT2D eigenvalue weighted by Gasteiger charge is 2.29. The number of halogens is 4. The summed E-state index contributed by atoms with van der Waals surface area (Å²) in [6.07, 6.45) is 6.71. The van der Waals surface area contributed by atoms with E-state index in [1.54, 1.807) is 19.5 Å². The van der Waals surface area contributed by atoms with Crippen LogP contribution in [0.2, 0.25) is 0 Å². The molecule has 0 radical (unpaired) electrons. The lowest BCUT2D eigenvalue weighted by Crippen LogP contribution is -2.40. The SMILES string of the molecule is COCc1ccc(C(C)n2cc(-c3nc4cc(F)c(F)cc4[nH]3)c3c(N4CCC(N)CC4)c(-c4cc(F)cc(F)c4)cnc32)nc1. The van der Waals surface area contributed by atoms with Crippen molar-refractivity contribution in [2.45, 2.75) is 38.5 Å². The molecule has 1 unspecified atom stereocenters. The lowest BCUT2D eigenvalue weighted by Gasteiger charge is -2.34. The van der Waals surface area contributed by atoms with Gasteiger partial charge in [0.1, 0.15) is 23.1 Å². The Kier molecular flexibility index (Phi) is 7.69. The average Bonchev–Trinajstić information content (AvgIpc) is 3.62. The summed E-state index contributed by atoms with van der Waals surface area (Å²) in [7, 11) is 1.62. The van der Waals surface area contributed by atoms with Gasteiger partial charge >= 0.3 is 0 Å². The van der Waals surface area contributed by atoms with Gasteiger partial charge in [-0.05, 0) is 49.1 Å². The Morgan fingerprint density at radius 3 is 2.39 bits per heavy atom. The Labute approximate surface area is 261 Å². The van der Waals surface area contributed by atoms with E-state index < -0.39 is 23.3 Å². The lowest BCUT2D eigenvalue weighted by molar-refractivity contribution is 0.184. The number of nitrogens with one attached hydrogen (secondary N) is 1. The monoisotopic (exact) mass is 629 g/mol. The molecule has 5 heterocycles. The van der Waals surface area contributed by atoms with Gasteiger partial charge in [0.25, 0.3) is 0 Å². The van der Waals surface area contributed by atoms with Crippen molar-refractivity contribution in [2.75, 3.05) is 25.1 Å². The third kappa shape index (κ3) is 5.37. The Hall–Kier alpha value is -4.81. The molecule has 0 amide bonds. The van der Waals surface area contributed by atoms with Gasteiger partial charge in [-0.1, -0.05) is 6.07 Å². The predicted molar refractivity (Wildman–Crippen MR) is 168 cm³/mol. The second kappa shape index (κ2) is 11.8. The van der Waals surface area contributed by atoms with Crippen LogP contribution in [0.25, 0.3) is 44.6 Å². The zero-order valence-corrected chi connectivity index (χ0v) is 25.2. The first-order valence-electron chi connectivity index (χ1n) is 15.0. The molecule has 46 heavy (non-hydrogen) atoms. The second-order valence-corrected chi connectivity index (χ2v) is 11.7. The molecule has 7 rings (SSSR count). The fourth-order valence-corrected chi connectivity index (χ4v) is 6.26. The van der Waals surface area contributed by atoms with Crippen LogP contribution in [-0.4, -0.2) is 50.7 Å². The highest BCUT2D eigenvalue weighted by Crippen LogP contribution is 2.44. The fourth-order valence-electron chi connectivity index (χ4n) is 6.26. The number of H-pyrrole nitrogens is 1. The molecule has 0 bridgehead atoms. The van der Waals surface area contributed by atoms with Crippen molar-refractivity contribution in [3.8, 4) is 22.5 Å². The average molecular weight is 630 g/mol. The number of nitrogens with zero attached hydrogens (tertiary/aromatic N) is 5. The molecular weight excluding hydrogens is 598 g/mol. The predicted octanol–water partition coefficient (Wildman–Crippen LogP) is 6.88. The minimum Gasteiger partial charge on any atom is -0.380 e. The number of piperidine rings is 1. The summed E-state index contributed by atoms with van der Waals surface area (Å²) in [6.45, 7) is 3.62. The first-order chi connectivity index (χ1) is 22.2. The summed E-state index contributed by atoms with van der Waals surface area (Å²) in [5, 5.41) is 0.667. The topological polar surface area (TPSA) is 97.9 Å². The quantitative estimate of drug-likeness (QED) is 0.187. The standard InChI is InChI=1S/C34H31F4N7O/c1-18(28-4-3-19(14-40-28)17-46-2)45-16-25(33-42-29-12-26(37)27(38)13-30(29)43-33)31-32(44-7-5-23(39)6-8-44)24(15-41-34(31)45)20-9-21(35)11-22(36)10-20/h3-4,9-16,18,23H,5-8,17,39H2,1-2H3,(H,42,43). The number of fused-ring (bicyclic) bond motifs is 2. The Bertz CT molecular complexity index is 2010. The minimum atomic E-state index is -1.01. The van der Waals surface area contributed by atoms with Gasteiger partial charge in [0, 0.05) is 74.2 Å². The van der Waals surface area contributed by atoms with Crippen LogP contribution < -0.4 is 10.6 Å².